The largest absolute Gasteiger partial charge is 0.332 e. The third-order valence-electron chi connectivity index (χ3n) is 4.44. The zero-order valence-corrected chi connectivity index (χ0v) is 13.3. The molecule has 24 heavy (non-hydrogen) atoms. The third kappa shape index (κ3) is 2.82. The summed E-state index contributed by atoms with van der Waals surface area (Å²) < 4.78 is 1.96. The molecule has 4 rings (SSSR count). The van der Waals surface area contributed by atoms with Gasteiger partial charge in [-0.25, -0.2) is 9.78 Å². The highest BCUT2D eigenvalue weighted by Crippen LogP contribution is 2.31. The summed E-state index contributed by atoms with van der Waals surface area (Å²) in [6, 6.07) is 9.93. The number of carbonyl (C=O) groups excluding carboxylic acids is 1. The van der Waals surface area contributed by atoms with Crippen LogP contribution in [0.5, 0.6) is 0 Å². The highest BCUT2D eigenvalue weighted by atomic mass is 16.2. The van der Waals surface area contributed by atoms with Crippen molar-refractivity contribution in [2.45, 2.75) is 25.4 Å². The Morgan fingerprint density at radius 3 is 2.96 bits per heavy atom. The number of hydrogen-bond donors (Lipinski definition) is 1. The lowest BCUT2D eigenvalue weighted by atomic mass is 10.1. The number of rotatable bonds is 3. The highest BCUT2D eigenvalue weighted by molar-refractivity contribution is 5.75. The topological polar surface area (TPSA) is 62.5 Å². The first kappa shape index (κ1) is 14.7. The smallest absolute Gasteiger partial charge is 0.318 e. The number of carbonyl (C=O) groups is 1. The number of aromatic nitrogens is 3. The van der Waals surface area contributed by atoms with Gasteiger partial charge >= 0.3 is 6.03 Å². The Morgan fingerprint density at radius 2 is 2.12 bits per heavy atom. The summed E-state index contributed by atoms with van der Waals surface area (Å²) in [7, 11) is 0. The Kier molecular flexibility index (Phi) is 3.86. The van der Waals surface area contributed by atoms with E-state index in [4.69, 9.17) is 0 Å². The zero-order valence-electron chi connectivity index (χ0n) is 13.3. The third-order valence-corrected chi connectivity index (χ3v) is 4.44. The van der Waals surface area contributed by atoms with Crippen molar-refractivity contribution in [3.63, 3.8) is 0 Å². The van der Waals surface area contributed by atoms with Crippen LogP contribution in [-0.2, 0) is 6.54 Å². The molecule has 4 heterocycles. The van der Waals surface area contributed by atoms with Crippen LogP contribution in [0, 0.1) is 0 Å². The second-order valence-corrected chi connectivity index (χ2v) is 5.99. The second-order valence-electron chi connectivity index (χ2n) is 5.99. The maximum absolute atomic E-state index is 12.6. The van der Waals surface area contributed by atoms with Gasteiger partial charge in [0.15, 0.2) is 0 Å². The van der Waals surface area contributed by atoms with Crippen LogP contribution in [0.15, 0.2) is 55.1 Å². The zero-order chi connectivity index (χ0) is 16.4. The number of imidazole rings is 1. The van der Waals surface area contributed by atoms with Crippen LogP contribution >= 0.6 is 0 Å². The Morgan fingerprint density at radius 1 is 1.25 bits per heavy atom. The van der Waals surface area contributed by atoms with E-state index >= 15 is 0 Å². The van der Waals surface area contributed by atoms with Crippen molar-refractivity contribution in [3.05, 3.63) is 66.4 Å². The van der Waals surface area contributed by atoms with Gasteiger partial charge in [-0.3, -0.25) is 4.98 Å². The fourth-order valence-electron chi connectivity index (χ4n) is 3.28. The molecule has 6 heteroatoms. The van der Waals surface area contributed by atoms with Gasteiger partial charge in [0, 0.05) is 31.3 Å². The first-order valence-corrected chi connectivity index (χ1v) is 8.18. The Bertz CT molecular complexity index is 812. The van der Waals surface area contributed by atoms with Crippen LogP contribution in [0.25, 0.3) is 5.65 Å². The minimum atomic E-state index is -0.0358. The van der Waals surface area contributed by atoms with E-state index in [0.717, 1.165) is 36.3 Å². The lowest BCUT2D eigenvalue weighted by Crippen LogP contribution is -2.39. The number of amides is 2. The number of nitrogens with zero attached hydrogens (tertiary/aromatic N) is 4. The molecule has 0 saturated carbocycles. The first-order valence-electron chi connectivity index (χ1n) is 8.18. The molecule has 6 nitrogen and oxygen atoms in total. The molecule has 2 amide bonds. The molecule has 0 aliphatic carbocycles. The van der Waals surface area contributed by atoms with Crippen LogP contribution in [0.2, 0.25) is 0 Å². The van der Waals surface area contributed by atoms with Gasteiger partial charge in [-0.2, -0.15) is 0 Å². The summed E-state index contributed by atoms with van der Waals surface area (Å²) in [5.41, 5.74) is 2.89. The molecule has 1 aliphatic rings. The Labute approximate surface area is 140 Å². The predicted molar refractivity (Wildman–Crippen MR) is 90.3 cm³/mol. The van der Waals surface area contributed by atoms with E-state index in [2.05, 4.69) is 15.3 Å². The summed E-state index contributed by atoms with van der Waals surface area (Å²) in [6.07, 6.45) is 9.47. The number of likely N-dealkylation sites (tertiary alicyclic amines) is 1. The molecule has 3 aromatic heterocycles. The molecule has 1 N–H and O–H groups in total. The summed E-state index contributed by atoms with van der Waals surface area (Å²) >= 11 is 0. The van der Waals surface area contributed by atoms with Gasteiger partial charge in [-0.05, 0) is 42.7 Å². The van der Waals surface area contributed by atoms with Crippen molar-refractivity contribution in [3.8, 4) is 0 Å². The first-order chi connectivity index (χ1) is 11.8. The quantitative estimate of drug-likeness (QED) is 0.807. The summed E-state index contributed by atoms with van der Waals surface area (Å²) in [5, 5.41) is 3.00. The molecule has 0 aromatic carbocycles. The number of hydrogen-bond acceptors (Lipinski definition) is 3. The average molecular weight is 321 g/mol. The van der Waals surface area contributed by atoms with E-state index in [9.17, 15) is 4.79 Å². The van der Waals surface area contributed by atoms with Gasteiger partial charge < -0.3 is 14.6 Å². The molecule has 3 aromatic rings. The van der Waals surface area contributed by atoms with Crippen LogP contribution in [-0.4, -0.2) is 31.8 Å². The van der Waals surface area contributed by atoms with Gasteiger partial charge in [0.05, 0.1) is 18.3 Å². The lowest BCUT2D eigenvalue weighted by Gasteiger charge is -2.25. The summed E-state index contributed by atoms with van der Waals surface area (Å²) in [5.74, 6) is 0. The van der Waals surface area contributed by atoms with Crippen molar-refractivity contribution < 1.29 is 4.79 Å². The van der Waals surface area contributed by atoms with Gasteiger partial charge in [0.2, 0.25) is 0 Å². The van der Waals surface area contributed by atoms with Crippen molar-refractivity contribution in [1.29, 1.82) is 0 Å². The predicted octanol–water partition coefficient (Wildman–Crippen LogP) is 2.78. The van der Waals surface area contributed by atoms with E-state index in [1.165, 1.54) is 0 Å². The minimum Gasteiger partial charge on any atom is -0.332 e. The fraction of sp³-hybridized carbons (Fsp3) is 0.278. The fourth-order valence-corrected chi connectivity index (χ4v) is 3.28. The number of urea groups is 1. The molecule has 1 atom stereocenters. The molecule has 1 aliphatic heterocycles. The number of fused-ring (bicyclic) bond motifs is 1. The molecule has 0 bridgehead atoms. The molecule has 0 radical (unpaired) electrons. The average Bonchev–Trinajstić information content (AvgIpc) is 3.27. The van der Waals surface area contributed by atoms with E-state index in [0.29, 0.717) is 6.54 Å². The molecular formula is C18H19N5O. The van der Waals surface area contributed by atoms with Gasteiger partial charge in [-0.1, -0.05) is 6.07 Å². The SMILES string of the molecule is O=C(NCc1cn2ccccc2n1)N1CCC[C@@H]1c1ccncc1. The molecule has 0 spiro atoms. The monoisotopic (exact) mass is 321 g/mol. The molecule has 1 fully saturated rings. The van der Waals surface area contributed by atoms with E-state index in [1.54, 1.807) is 12.4 Å². The van der Waals surface area contributed by atoms with Gasteiger partial charge in [-0.15, -0.1) is 0 Å². The van der Waals surface area contributed by atoms with Gasteiger partial charge in [0.1, 0.15) is 5.65 Å². The van der Waals surface area contributed by atoms with Crippen LogP contribution in [0.1, 0.15) is 30.1 Å². The van der Waals surface area contributed by atoms with Crippen LogP contribution in [0.4, 0.5) is 4.79 Å². The van der Waals surface area contributed by atoms with Crippen molar-refractivity contribution >= 4 is 11.7 Å². The van der Waals surface area contributed by atoms with Crippen LogP contribution < -0.4 is 5.32 Å². The minimum absolute atomic E-state index is 0.0358. The molecule has 122 valence electrons. The number of nitrogens with one attached hydrogen (secondary N) is 1. The maximum atomic E-state index is 12.6. The van der Waals surface area contributed by atoms with Crippen molar-refractivity contribution in [1.82, 2.24) is 24.6 Å². The molecule has 1 saturated heterocycles. The molecule has 0 unspecified atom stereocenters. The standard InChI is InChI=1S/C18H19N5O/c24-18(20-12-15-13-22-10-2-1-5-17(22)21-15)23-11-3-4-16(23)14-6-8-19-9-7-14/h1-2,5-10,13,16H,3-4,11-12H2,(H,20,24)/t16-/m1/s1. The van der Waals surface area contributed by atoms with Crippen molar-refractivity contribution in [2.24, 2.45) is 0 Å². The molecular weight excluding hydrogens is 302 g/mol. The summed E-state index contributed by atoms with van der Waals surface area (Å²) in [6.45, 7) is 1.21. The Hall–Kier alpha value is -2.89. The van der Waals surface area contributed by atoms with Crippen molar-refractivity contribution in [2.75, 3.05) is 6.54 Å². The normalized spacial score (nSPS) is 17.3. The van der Waals surface area contributed by atoms with E-state index < -0.39 is 0 Å². The second kappa shape index (κ2) is 6.31. The van der Waals surface area contributed by atoms with Gasteiger partial charge in [0.25, 0.3) is 0 Å². The number of pyridine rings is 2. The maximum Gasteiger partial charge on any atom is 0.318 e. The van der Waals surface area contributed by atoms with E-state index in [-0.39, 0.29) is 12.1 Å². The van der Waals surface area contributed by atoms with Crippen LogP contribution in [0.3, 0.4) is 0 Å². The summed E-state index contributed by atoms with van der Waals surface area (Å²) in [4.78, 5) is 23.1. The van der Waals surface area contributed by atoms with E-state index in [1.807, 2.05) is 52.0 Å². The Balaban J connectivity index is 1.43. The highest BCUT2D eigenvalue weighted by Gasteiger charge is 2.29. The lowest BCUT2D eigenvalue weighted by molar-refractivity contribution is 0.192.